The standard InChI is InChI=1S/C12H13N3O3/c16-15(17)9-1-2-10-11(7-9)14-12(13-10)8-3-5-18-6-4-8/h1-2,7-8H,3-6H2,(H,13,14). The molecular weight excluding hydrogens is 234 g/mol. The molecule has 18 heavy (non-hydrogen) atoms. The van der Waals surface area contributed by atoms with E-state index in [-0.39, 0.29) is 5.69 Å². The zero-order valence-corrected chi connectivity index (χ0v) is 9.76. The van der Waals surface area contributed by atoms with Gasteiger partial charge < -0.3 is 9.72 Å². The van der Waals surface area contributed by atoms with Crippen LogP contribution in [0.2, 0.25) is 0 Å². The first-order valence-corrected chi connectivity index (χ1v) is 5.96. The van der Waals surface area contributed by atoms with Gasteiger partial charge in [0, 0.05) is 31.3 Å². The van der Waals surface area contributed by atoms with Crippen LogP contribution in [0, 0.1) is 10.1 Å². The Morgan fingerprint density at radius 2 is 2.17 bits per heavy atom. The number of fused-ring (bicyclic) bond motifs is 1. The molecular formula is C12H13N3O3. The number of H-pyrrole nitrogens is 1. The van der Waals surface area contributed by atoms with Crippen LogP contribution in [0.4, 0.5) is 5.69 Å². The molecule has 0 radical (unpaired) electrons. The van der Waals surface area contributed by atoms with E-state index in [9.17, 15) is 10.1 Å². The normalized spacial score (nSPS) is 17.1. The van der Waals surface area contributed by atoms with Crippen LogP contribution in [0.5, 0.6) is 0 Å². The van der Waals surface area contributed by atoms with Gasteiger partial charge in [0.2, 0.25) is 0 Å². The zero-order chi connectivity index (χ0) is 12.5. The van der Waals surface area contributed by atoms with Crippen molar-refractivity contribution in [3.05, 3.63) is 34.1 Å². The number of aromatic nitrogens is 2. The highest BCUT2D eigenvalue weighted by molar-refractivity contribution is 5.77. The molecule has 94 valence electrons. The Balaban J connectivity index is 1.97. The van der Waals surface area contributed by atoms with Crippen LogP contribution in [0.25, 0.3) is 11.0 Å². The molecule has 1 fully saturated rings. The molecule has 6 heteroatoms. The smallest absolute Gasteiger partial charge is 0.271 e. The van der Waals surface area contributed by atoms with Crippen LogP contribution in [0.3, 0.4) is 0 Å². The number of aromatic amines is 1. The lowest BCUT2D eigenvalue weighted by Gasteiger charge is -2.19. The maximum absolute atomic E-state index is 10.7. The second-order valence-electron chi connectivity index (χ2n) is 4.47. The first-order valence-electron chi connectivity index (χ1n) is 5.96. The predicted molar refractivity (Wildman–Crippen MR) is 65.5 cm³/mol. The van der Waals surface area contributed by atoms with Crippen molar-refractivity contribution in [1.29, 1.82) is 0 Å². The van der Waals surface area contributed by atoms with E-state index in [2.05, 4.69) is 9.97 Å². The number of rotatable bonds is 2. The third kappa shape index (κ3) is 1.95. The summed E-state index contributed by atoms with van der Waals surface area (Å²) in [6.45, 7) is 1.50. The number of benzene rings is 1. The highest BCUT2D eigenvalue weighted by Crippen LogP contribution is 2.27. The second-order valence-corrected chi connectivity index (χ2v) is 4.47. The number of nitrogens with zero attached hydrogens (tertiary/aromatic N) is 2. The van der Waals surface area contributed by atoms with E-state index in [4.69, 9.17) is 4.74 Å². The van der Waals surface area contributed by atoms with Crippen molar-refractivity contribution >= 4 is 16.7 Å². The van der Waals surface area contributed by atoms with Gasteiger partial charge in [0.1, 0.15) is 5.82 Å². The molecule has 0 aliphatic carbocycles. The fraction of sp³-hybridized carbons (Fsp3) is 0.417. The number of hydrogen-bond acceptors (Lipinski definition) is 4. The lowest BCUT2D eigenvalue weighted by Crippen LogP contribution is -2.15. The molecule has 0 saturated carbocycles. The van der Waals surface area contributed by atoms with Gasteiger partial charge in [-0.15, -0.1) is 0 Å². The molecule has 0 unspecified atom stereocenters. The fourth-order valence-corrected chi connectivity index (χ4v) is 2.30. The monoisotopic (exact) mass is 247 g/mol. The van der Waals surface area contributed by atoms with Crippen LogP contribution < -0.4 is 0 Å². The van der Waals surface area contributed by atoms with Crippen molar-refractivity contribution in [2.75, 3.05) is 13.2 Å². The van der Waals surface area contributed by atoms with E-state index < -0.39 is 4.92 Å². The van der Waals surface area contributed by atoms with Crippen molar-refractivity contribution in [3.8, 4) is 0 Å². The Labute approximate surface area is 103 Å². The summed E-state index contributed by atoms with van der Waals surface area (Å²) >= 11 is 0. The van der Waals surface area contributed by atoms with Gasteiger partial charge in [-0.05, 0) is 18.9 Å². The van der Waals surface area contributed by atoms with Crippen molar-refractivity contribution in [2.45, 2.75) is 18.8 Å². The lowest BCUT2D eigenvalue weighted by molar-refractivity contribution is -0.384. The lowest BCUT2D eigenvalue weighted by atomic mass is 10.00. The zero-order valence-electron chi connectivity index (χ0n) is 9.76. The summed E-state index contributed by atoms with van der Waals surface area (Å²) in [5, 5.41) is 10.7. The van der Waals surface area contributed by atoms with Gasteiger partial charge >= 0.3 is 0 Å². The van der Waals surface area contributed by atoms with Gasteiger partial charge in [-0.3, -0.25) is 10.1 Å². The van der Waals surface area contributed by atoms with Crippen molar-refractivity contribution in [2.24, 2.45) is 0 Å². The van der Waals surface area contributed by atoms with Crippen LogP contribution in [0.1, 0.15) is 24.6 Å². The van der Waals surface area contributed by atoms with Gasteiger partial charge in [-0.1, -0.05) is 0 Å². The maximum atomic E-state index is 10.7. The maximum Gasteiger partial charge on any atom is 0.271 e. The topological polar surface area (TPSA) is 81.1 Å². The van der Waals surface area contributed by atoms with E-state index in [1.54, 1.807) is 6.07 Å². The third-order valence-corrected chi connectivity index (χ3v) is 3.30. The molecule has 1 aromatic heterocycles. The number of ether oxygens (including phenoxy) is 1. The molecule has 0 atom stereocenters. The van der Waals surface area contributed by atoms with Crippen molar-refractivity contribution < 1.29 is 9.66 Å². The summed E-state index contributed by atoms with van der Waals surface area (Å²) in [6, 6.07) is 4.70. The van der Waals surface area contributed by atoms with E-state index in [1.165, 1.54) is 12.1 Å². The number of nitrogens with one attached hydrogen (secondary N) is 1. The summed E-state index contributed by atoms with van der Waals surface area (Å²) in [4.78, 5) is 18.0. The highest BCUT2D eigenvalue weighted by atomic mass is 16.6. The van der Waals surface area contributed by atoms with Crippen LogP contribution in [0.15, 0.2) is 18.2 Å². The third-order valence-electron chi connectivity index (χ3n) is 3.30. The van der Waals surface area contributed by atoms with Gasteiger partial charge in [0.05, 0.1) is 16.0 Å². The average Bonchev–Trinajstić information content (AvgIpc) is 2.82. The largest absolute Gasteiger partial charge is 0.381 e. The van der Waals surface area contributed by atoms with E-state index in [1.807, 2.05) is 0 Å². The summed E-state index contributed by atoms with van der Waals surface area (Å²) in [7, 11) is 0. The molecule has 1 aromatic carbocycles. The van der Waals surface area contributed by atoms with Crippen molar-refractivity contribution in [3.63, 3.8) is 0 Å². The summed E-state index contributed by atoms with van der Waals surface area (Å²) in [5.41, 5.74) is 1.59. The second kappa shape index (κ2) is 4.38. The minimum Gasteiger partial charge on any atom is -0.381 e. The molecule has 1 aliphatic heterocycles. The molecule has 2 heterocycles. The van der Waals surface area contributed by atoms with Gasteiger partial charge in [0.25, 0.3) is 5.69 Å². The number of nitro benzene ring substituents is 1. The Morgan fingerprint density at radius 1 is 1.39 bits per heavy atom. The molecule has 0 bridgehead atoms. The Kier molecular flexibility index (Phi) is 2.71. The van der Waals surface area contributed by atoms with Crippen LogP contribution in [-0.2, 0) is 4.74 Å². The molecule has 1 N–H and O–H groups in total. The highest BCUT2D eigenvalue weighted by Gasteiger charge is 2.19. The Hall–Kier alpha value is -1.95. The molecule has 3 rings (SSSR count). The minimum atomic E-state index is -0.394. The van der Waals surface area contributed by atoms with Crippen LogP contribution >= 0.6 is 0 Å². The molecule has 0 spiro atoms. The Bertz CT molecular complexity index is 587. The van der Waals surface area contributed by atoms with E-state index in [0.29, 0.717) is 5.92 Å². The van der Waals surface area contributed by atoms with Crippen LogP contribution in [-0.4, -0.2) is 28.1 Å². The van der Waals surface area contributed by atoms with Gasteiger partial charge in [-0.25, -0.2) is 4.98 Å². The quantitative estimate of drug-likeness (QED) is 0.652. The number of imidazole rings is 1. The predicted octanol–water partition coefficient (Wildman–Crippen LogP) is 2.37. The molecule has 2 aromatic rings. The number of hydrogen-bond donors (Lipinski definition) is 1. The number of nitro groups is 1. The number of non-ortho nitro benzene ring substituents is 1. The summed E-state index contributed by atoms with van der Waals surface area (Å²) in [6.07, 6.45) is 1.89. The molecule has 6 nitrogen and oxygen atoms in total. The fourth-order valence-electron chi connectivity index (χ4n) is 2.30. The van der Waals surface area contributed by atoms with E-state index >= 15 is 0 Å². The average molecular weight is 247 g/mol. The Morgan fingerprint density at radius 3 is 2.89 bits per heavy atom. The first kappa shape index (κ1) is 11.2. The van der Waals surface area contributed by atoms with Crippen molar-refractivity contribution in [1.82, 2.24) is 9.97 Å². The molecule has 1 aliphatic rings. The molecule has 0 amide bonds. The summed E-state index contributed by atoms with van der Waals surface area (Å²) in [5.74, 6) is 1.28. The van der Waals surface area contributed by atoms with Gasteiger partial charge in [-0.2, -0.15) is 0 Å². The first-order chi connectivity index (χ1) is 8.74. The SMILES string of the molecule is O=[N+]([O-])c1ccc2nc(C3CCOCC3)[nH]c2c1. The molecule has 1 saturated heterocycles. The van der Waals surface area contributed by atoms with Gasteiger partial charge in [0.15, 0.2) is 0 Å². The minimum absolute atomic E-state index is 0.0877. The van der Waals surface area contributed by atoms with E-state index in [0.717, 1.165) is 42.9 Å². The summed E-state index contributed by atoms with van der Waals surface area (Å²) < 4.78 is 5.31.